The molecule has 0 saturated heterocycles. The zero-order valence-electron chi connectivity index (χ0n) is 8.73. The average Bonchev–Trinajstić information content (AvgIpc) is 2.72. The van der Waals surface area contributed by atoms with E-state index >= 15 is 0 Å². The van der Waals surface area contributed by atoms with Gasteiger partial charge in [0.05, 0.1) is 10.5 Å². The van der Waals surface area contributed by atoms with Crippen LogP contribution in [0.25, 0.3) is 5.69 Å². The lowest BCUT2D eigenvalue weighted by molar-refractivity contribution is 0.562. The Hall–Kier alpha value is -1.41. The van der Waals surface area contributed by atoms with E-state index in [2.05, 4.69) is 31.5 Å². The topological polar surface area (TPSA) is 69.6 Å². The van der Waals surface area contributed by atoms with Gasteiger partial charge in [0.25, 0.3) is 0 Å². The van der Waals surface area contributed by atoms with E-state index in [0.717, 1.165) is 10.7 Å². The molecule has 17 heavy (non-hydrogen) atoms. The van der Waals surface area contributed by atoms with E-state index in [1.807, 2.05) is 0 Å². The predicted octanol–water partition coefficient (Wildman–Crippen LogP) is 1.72. The van der Waals surface area contributed by atoms with Crippen LogP contribution in [-0.2, 0) is 0 Å². The molecule has 5 nitrogen and oxygen atoms in total. The molecule has 0 fully saturated rings. The van der Waals surface area contributed by atoms with E-state index in [1.54, 1.807) is 6.92 Å². The van der Waals surface area contributed by atoms with Gasteiger partial charge in [0, 0.05) is 6.07 Å². The minimum absolute atomic E-state index is 0.0376. The van der Waals surface area contributed by atoms with Gasteiger partial charge in [-0.2, -0.15) is 4.68 Å². The van der Waals surface area contributed by atoms with Crippen LogP contribution in [-0.4, -0.2) is 20.2 Å². The highest BCUT2D eigenvalue weighted by Gasteiger charge is 2.17. The van der Waals surface area contributed by atoms with Crippen molar-refractivity contribution in [1.82, 2.24) is 20.2 Å². The van der Waals surface area contributed by atoms with Gasteiger partial charge in [-0.05, 0) is 39.3 Å². The van der Waals surface area contributed by atoms with Crippen molar-refractivity contribution in [2.75, 3.05) is 0 Å². The van der Waals surface area contributed by atoms with Crippen LogP contribution in [0.3, 0.4) is 0 Å². The van der Waals surface area contributed by atoms with Crippen molar-refractivity contribution in [3.8, 4) is 5.69 Å². The molecule has 2 N–H and O–H groups in total. The summed E-state index contributed by atoms with van der Waals surface area (Å²) in [6, 6.07) is 1.55. The average molecular weight is 304 g/mol. The standard InChI is InChI=1S/C9H8BrF2N5/c1-4(13)9-14-15-16-17(9)8-2-5(10)6(11)3-7(8)12/h2-4H,13H2,1H3. The third kappa shape index (κ3) is 2.18. The minimum atomic E-state index is -0.764. The highest BCUT2D eigenvalue weighted by molar-refractivity contribution is 9.10. The van der Waals surface area contributed by atoms with Gasteiger partial charge < -0.3 is 5.73 Å². The number of aromatic nitrogens is 4. The van der Waals surface area contributed by atoms with Crippen LogP contribution in [0.2, 0.25) is 0 Å². The monoisotopic (exact) mass is 303 g/mol. The van der Waals surface area contributed by atoms with Crippen LogP contribution in [0.1, 0.15) is 18.8 Å². The highest BCUT2D eigenvalue weighted by Crippen LogP contribution is 2.23. The van der Waals surface area contributed by atoms with Gasteiger partial charge in [0.1, 0.15) is 11.5 Å². The fraction of sp³-hybridized carbons (Fsp3) is 0.222. The maximum absolute atomic E-state index is 13.6. The van der Waals surface area contributed by atoms with Crippen LogP contribution in [0, 0.1) is 11.6 Å². The van der Waals surface area contributed by atoms with Crippen molar-refractivity contribution >= 4 is 15.9 Å². The molecular formula is C9H8BrF2N5. The first-order valence-corrected chi connectivity index (χ1v) is 5.48. The van der Waals surface area contributed by atoms with Crippen LogP contribution >= 0.6 is 15.9 Å². The lowest BCUT2D eigenvalue weighted by Crippen LogP contribution is -2.14. The SMILES string of the molecule is CC(N)c1nnnn1-c1cc(Br)c(F)cc1F. The van der Waals surface area contributed by atoms with Crippen LogP contribution in [0.4, 0.5) is 8.78 Å². The molecule has 1 heterocycles. The summed E-state index contributed by atoms with van der Waals surface area (Å²) >= 11 is 2.97. The molecule has 0 aliphatic heterocycles. The summed E-state index contributed by atoms with van der Waals surface area (Å²) in [7, 11) is 0. The van der Waals surface area contributed by atoms with E-state index in [9.17, 15) is 8.78 Å². The number of nitrogens with two attached hydrogens (primary N) is 1. The van der Waals surface area contributed by atoms with Gasteiger partial charge in [0.2, 0.25) is 0 Å². The Morgan fingerprint density at radius 2 is 2.06 bits per heavy atom. The summed E-state index contributed by atoms with van der Waals surface area (Å²) in [4.78, 5) is 0. The molecule has 0 spiro atoms. The number of halogens is 3. The van der Waals surface area contributed by atoms with E-state index in [0.29, 0.717) is 5.82 Å². The quantitative estimate of drug-likeness (QED) is 0.858. The maximum Gasteiger partial charge on any atom is 0.173 e. The number of hydrogen-bond donors (Lipinski definition) is 1. The summed E-state index contributed by atoms with van der Waals surface area (Å²) in [5.41, 5.74) is 5.68. The van der Waals surface area contributed by atoms with Gasteiger partial charge in [-0.1, -0.05) is 0 Å². The van der Waals surface area contributed by atoms with Crippen LogP contribution in [0.15, 0.2) is 16.6 Å². The minimum Gasteiger partial charge on any atom is -0.321 e. The molecule has 0 radical (unpaired) electrons. The Morgan fingerprint density at radius 3 is 2.71 bits per heavy atom. The first-order valence-electron chi connectivity index (χ1n) is 4.69. The first kappa shape index (κ1) is 12.1. The second-order valence-electron chi connectivity index (χ2n) is 3.46. The highest BCUT2D eigenvalue weighted by atomic mass is 79.9. The van der Waals surface area contributed by atoms with Crippen molar-refractivity contribution in [2.24, 2.45) is 5.73 Å². The predicted molar refractivity (Wildman–Crippen MR) is 59.4 cm³/mol. The van der Waals surface area contributed by atoms with Gasteiger partial charge in [-0.25, -0.2) is 8.78 Å². The van der Waals surface area contributed by atoms with Gasteiger partial charge in [-0.15, -0.1) is 5.10 Å². The smallest absolute Gasteiger partial charge is 0.173 e. The molecule has 1 atom stereocenters. The van der Waals surface area contributed by atoms with E-state index in [1.165, 1.54) is 6.07 Å². The van der Waals surface area contributed by atoms with Crippen molar-refractivity contribution in [3.63, 3.8) is 0 Å². The molecule has 2 aromatic rings. The van der Waals surface area contributed by atoms with Crippen molar-refractivity contribution in [3.05, 3.63) is 34.1 Å². The lowest BCUT2D eigenvalue weighted by Gasteiger charge is -2.08. The van der Waals surface area contributed by atoms with E-state index < -0.39 is 17.7 Å². The Kier molecular flexibility index (Phi) is 3.16. The number of hydrogen-bond acceptors (Lipinski definition) is 4. The fourth-order valence-electron chi connectivity index (χ4n) is 1.32. The zero-order valence-corrected chi connectivity index (χ0v) is 10.3. The Balaban J connectivity index is 2.60. The number of rotatable bonds is 2. The third-order valence-corrected chi connectivity index (χ3v) is 2.73. The molecule has 0 aliphatic carbocycles. The molecule has 90 valence electrons. The molecule has 1 unspecified atom stereocenters. The van der Waals surface area contributed by atoms with Crippen molar-refractivity contribution < 1.29 is 8.78 Å². The van der Waals surface area contributed by atoms with Crippen molar-refractivity contribution in [1.29, 1.82) is 0 Å². The van der Waals surface area contributed by atoms with E-state index in [-0.39, 0.29) is 10.2 Å². The summed E-state index contributed by atoms with van der Waals surface area (Å²) in [6.07, 6.45) is 0. The molecule has 2 rings (SSSR count). The van der Waals surface area contributed by atoms with Crippen LogP contribution < -0.4 is 5.73 Å². The molecule has 0 aliphatic rings. The Labute approximate surface area is 104 Å². The van der Waals surface area contributed by atoms with Crippen molar-refractivity contribution in [2.45, 2.75) is 13.0 Å². The third-order valence-electron chi connectivity index (χ3n) is 2.12. The normalized spacial score (nSPS) is 12.8. The second kappa shape index (κ2) is 4.46. The van der Waals surface area contributed by atoms with E-state index in [4.69, 9.17) is 5.73 Å². The molecule has 1 aromatic carbocycles. The summed E-state index contributed by atoms with van der Waals surface area (Å²) < 4.78 is 28.0. The molecule has 1 aromatic heterocycles. The second-order valence-corrected chi connectivity index (χ2v) is 4.31. The Bertz CT molecular complexity index is 554. The number of benzene rings is 1. The summed E-state index contributed by atoms with van der Waals surface area (Å²) in [5.74, 6) is -1.16. The summed E-state index contributed by atoms with van der Waals surface area (Å²) in [6.45, 7) is 1.67. The largest absolute Gasteiger partial charge is 0.321 e. The van der Waals surface area contributed by atoms with Gasteiger partial charge in [-0.3, -0.25) is 0 Å². The van der Waals surface area contributed by atoms with Gasteiger partial charge >= 0.3 is 0 Å². The summed E-state index contributed by atoms with van der Waals surface area (Å²) in [5, 5.41) is 10.7. The molecule has 0 amide bonds. The molecule has 8 heteroatoms. The fourth-order valence-corrected chi connectivity index (χ4v) is 1.66. The molecule has 0 saturated carbocycles. The zero-order chi connectivity index (χ0) is 12.6. The number of tetrazole rings is 1. The first-order chi connectivity index (χ1) is 8.00. The lowest BCUT2D eigenvalue weighted by atomic mass is 10.2. The maximum atomic E-state index is 13.6. The van der Waals surface area contributed by atoms with Crippen LogP contribution in [0.5, 0.6) is 0 Å². The van der Waals surface area contributed by atoms with Gasteiger partial charge in [0.15, 0.2) is 11.6 Å². The molecule has 0 bridgehead atoms. The number of nitrogens with zero attached hydrogens (tertiary/aromatic N) is 4. The molecular weight excluding hydrogens is 296 g/mol. The Morgan fingerprint density at radius 1 is 1.35 bits per heavy atom.